The molecule has 0 aromatic heterocycles. The molecule has 0 saturated heterocycles. The van der Waals surface area contributed by atoms with Crippen molar-refractivity contribution >= 4 is 23.9 Å². The summed E-state index contributed by atoms with van der Waals surface area (Å²) in [5.41, 5.74) is 1.58. The molecule has 0 bridgehead atoms. The zero-order valence-corrected chi connectivity index (χ0v) is 11.9. The Labute approximate surface area is 127 Å². The maximum absolute atomic E-state index is 12.2. The van der Waals surface area contributed by atoms with Crippen molar-refractivity contribution < 1.29 is 20.2 Å². The van der Waals surface area contributed by atoms with E-state index in [0.29, 0.717) is 6.54 Å². The second-order valence-corrected chi connectivity index (χ2v) is 4.27. The molecule has 0 unspecified atom stereocenters. The number of hydrogen-bond acceptors (Lipinski definition) is 7. The molecule has 1 rings (SSSR count). The van der Waals surface area contributed by atoms with Crippen molar-refractivity contribution in [2.24, 2.45) is 0 Å². The third-order valence-corrected chi connectivity index (χ3v) is 2.88. The first-order valence-corrected chi connectivity index (χ1v) is 6.34. The van der Waals surface area contributed by atoms with E-state index in [4.69, 9.17) is 15.9 Å². The molecule has 5 N–H and O–H groups in total. The molecule has 116 valence electrons. The van der Waals surface area contributed by atoms with E-state index < -0.39 is 17.4 Å². The van der Waals surface area contributed by atoms with Crippen molar-refractivity contribution in [1.82, 2.24) is 4.90 Å². The number of hydrogen-bond donors (Lipinski definition) is 5. The van der Waals surface area contributed by atoms with Gasteiger partial charge in [-0.05, 0) is 30.7 Å². The van der Waals surface area contributed by atoms with Crippen LogP contribution in [0.2, 0.25) is 0 Å². The van der Waals surface area contributed by atoms with Crippen LogP contribution in [0.15, 0.2) is 17.7 Å². The van der Waals surface area contributed by atoms with Crippen LogP contribution in [0.1, 0.15) is 12.5 Å². The monoisotopic (exact) mass is 304 g/mol. The third-order valence-electron chi connectivity index (χ3n) is 2.88. The summed E-state index contributed by atoms with van der Waals surface area (Å²) in [4.78, 5) is 13.5. The molecule has 0 fully saturated rings. The minimum absolute atomic E-state index is 0.0820. The van der Waals surface area contributed by atoms with Crippen molar-refractivity contribution in [2.75, 3.05) is 18.6 Å². The highest BCUT2D eigenvalue weighted by Crippen LogP contribution is 2.34. The summed E-state index contributed by atoms with van der Waals surface area (Å²) < 4.78 is 0. The van der Waals surface area contributed by atoms with Gasteiger partial charge in [-0.15, -0.1) is 0 Å². The summed E-state index contributed by atoms with van der Waals surface area (Å²) in [6.07, 6.45) is 2.27. The Balaban J connectivity index is 3.23. The number of likely N-dealkylation sites (N-methyl/N-ethyl adjacent to an activating group) is 1. The summed E-state index contributed by atoms with van der Waals surface area (Å²) in [7, 11) is 0. The zero-order chi connectivity index (χ0) is 16.7. The fourth-order valence-electron chi connectivity index (χ4n) is 1.75. The lowest BCUT2D eigenvalue weighted by atomic mass is 10.1. The molecule has 0 saturated carbocycles. The van der Waals surface area contributed by atoms with Gasteiger partial charge < -0.3 is 20.5 Å². The molecule has 0 aliphatic heterocycles. The number of carbonyl (C=O) groups excluding carboxylic acids is 1. The van der Waals surface area contributed by atoms with E-state index in [2.05, 4.69) is 0 Å². The lowest BCUT2D eigenvalue weighted by Gasteiger charge is -2.17. The van der Waals surface area contributed by atoms with E-state index in [1.165, 1.54) is 17.0 Å². The molecule has 0 heterocycles. The highest BCUT2D eigenvalue weighted by molar-refractivity contribution is 6.02. The van der Waals surface area contributed by atoms with E-state index in [0.717, 1.165) is 12.3 Å². The number of carbonyl (C=O) groups is 1. The standard InChI is InChI=1S/C14H16N4O4/c1-2-18(4-3-15)14(21)10(8-16)5-9-6-11(17-22)13(20)12(19)7-9/h3,5-7,15,17,19-20,22H,2,4H2,1H3/b10-5+,15-3?. The first-order valence-electron chi connectivity index (χ1n) is 6.34. The Bertz CT molecular complexity index is 649. The zero-order valence-electron chi connectivity index (χ0n) is 11.9. The van der Waals surface area contributed by atoms with Gasteiger partial charge in [0.05, 0.1) is 6.54 Å². The Hall–Kier alpha value is -3.05. The fourth-order valence-corrected chi connectivity index (χ4v) is 1.75. The maximum Gasteiger partial charge on any atom is 0.264 e. The molecule has 1 amide bonds. The number of phenolic OH excluding ortho intramolecular Hbond substituents is 2. The van der Waals surface area contributed by atoms with Gasteiger partial charge in [-0.2, -0.15) is 5.26 Å². The molecule has 0 radical (unpaired) electrons. The first kappa shape index (κ1) is 17.0. The highest BCUT2D eigenvalue weighted by atomic mass is 16.5. The third kappa shape index (κ3) is 3.74. The topological polar surface area (TPSA) is 141 Å². The minimum atomic E-state index is -0.556. The van der Waals surface area contributed by atoms with Gasteiger partial charge in [0, 0.05) is 12.8 Å². The SMILES string of the molecule is CCN(CC=N)C(=O)/C(C#N)=C/c1cc(O)c(O)c(NO)c1. The number of nitrogens with zero attached hydrogens (tertiary/aromatic N) is 2. The summed E-state index contributed by atoms with van der Waals surface area (Å²) in [5.74, 6) is -1.62. The molecule has 8 nitrogen and oxygen atoms in total. The van der Waals surface area contributed by atoms with E-state index in [1.807, 2.05) is 0 Å². The van der Waals surface area contributed by atoms with E-state index in [1.54, 1.807) is 18.5 Å². The molecular weight excluding hydrogens is 288 g/mol. The summed E-state index contributed by atoms with van der Waals surface area (Å²) in [6, 6.07) is 4.17. The van der Waals surface area contributed by atoms with Crippen molar-refractivity contribution in [3.63, 3.8) is 0 Å². The van der Waals surface area contributed by atoms with Gasteiger partial charge in [0.15, 0.2) is 11.5 Å². The number of anilines is 1. The van der Waals surface area contributed by atoms with Gasteiger partial charge >= 0.3 is 0 Å². The number of phenols is 2. The molecule has 0 spiro atoms. The van der Waals surface area contributed by atoms with Gasteiger partial charge in [0.2, 0.25) is 0 Å². The van der Waals surface area contributed by atoms with Crippen LogP contribution in [0, 0.1) is 16.7 Å². The van der Waals surface area contributed by atoms with E-state index in [9.17, 15) is 15.0 Å². The van der Waals surface area contributed by atoms with Crippen LogP contribution in [0.5, 0.6) is 11.5 Å². The predicted octanol–water partition coefficient (Wildman–Crippen LogP) is 1.30. The molecule has 1 aromatic carbocycles. The number of nitrogens with one attached hydrogen (secondary N) is 2. The Kier molecular flexibility index (Phi) is 5.92. The Morgan fingerprint density at radius 3 is 2.68 bits per heavy atom. The van der Waals surface area contributed by atoms with Gasteiger partial charge in [0.25, 0.3) is 5.91 Å². The number of amides is 1. The summed E-state index contributed by atoms with van der Waals surface area (Å²) in [5, 5.41) is 44.0. The van der Waals surface area contributed by atoms with Crippen molar-refractivity contribution in [1.29, 1.82) is 10.7 Å². The second-order valence-electron chi connectivity index (χ2n) is 4.27. The van der Waals surface area contributed by atoms with Crippen LogP contribution in [-0.4, -0.2) is 45.5 Å². The molecule has 22 heavy (non-hydrogen) atoms. The number of rotatable bonds is 6. The van der Waals surface area contributed by atoms with Crippen molar-refractivity contribution in [2.45, 2.75) is 6.92 Å². The lowest BCUT2D eigenvalue weighted by molar-refractivity contribution is -0.125. The summed E-state index contributed by atoms with van der Waals surface area (Å²) >= 11 is 0. The normalized spacial score (nSPS) is 10.7. The number of aromatic hydroxyl groups is 2. The van der Waals surface area contributed by atoms with Gasteiger partial charge in [0.1, 0.15) is 17.3 Å². The quantitative estimate of drug-likeness (QED) is 0.176. The maximum atomic E-state index is 12.2. The molecule has 0 aliphatic carbocycles. The fraction of sp³-hybridized carbons (Fsp3) is 0.214. The molecule has 0 aliphatic rings. The van der Waals surface area contributed by atoms with Crippen LogP contribution < -0.4 is 5.48 Å². The molecular formula is C14H16N4O4. The van der Waals surface area contributed by atoms with E-state index in [-0.39, 0.29) is 23.4 Å². The average Bonchev–Trinajstić information content (AvgIpc) is 2.52. The second kappa shape index (κ2) is 7.66. The molecule has 1 aromatic rings. The largest absolute Gasteiger partial charge is 0.504 e. The van der Waals surface area contributed by atoms with Crippen LogP contribution in [0.3, 0.4) is 0 Å². The van der Waals surface area contributed by atoms with Crippen LogP contribution in [-0.2, 0) is 4.79 Å². The lowest BCUT2D eigenvalue weighted by Crippen LogP contribution is -2.33. The predicted molar refractivity (Wildman–Crippen MR) is 79.8 cm³/mol. The van der Waals surface area contributed by atoms with Crippen molar-refractivity contribution in [3.8, 4) is 17.6 Å². The van der Waals surface area contributed by atoms with Crippen LogP contribution in [0.25, 0.3) is 6.08 Å². The number of nitriles is 1. The smallest absolute Gasteiger partial charge is 0.264 e. The summed E-state index contributed by atoms with van der Waals surface area (Å²) in [6.45, 7) is 2.13. The van der Waals surface area contributed by atoms with Crippen molar-refractivity contribution in [3.05, 3.63) is 23.3 Å². The Morgan fingerprint density at radius 1 is 1.50 bits per heavy atom. The Morgan fingerprint density at radius 2 is 2.18 bits per heavy atom. The van der Waals surface area contributed by atoms with Crippen LogP contribution >= 0.6 is 0 Å². The van der Waals surface area contributed by atoms with Gasteiger partial charge in [-0.25, -0.2) is 0 Å². The molecule has 0 atom stereocenters. The van der Waals surface area contributed by atoms with Gasteiger partial charge in [-0.3, -0.25) is 15.5 Å². The molecule has 8 heteroatoms. The van der Waals surface area contributed by atoms with E-state index >= 15 is 0 Å². The first-order chi connectivity index (χ1) is 10.5. The minimum Gasteiger partial charge on any atom is -0.504 e. The van der Waals surface area contributed by atoms with Crippen LogP contribution in [0.4, 0.5) is 5.69 Å². The van der Waals surface area contributed by atoms with Gasteiger partial charge in [-0.1, -0.05) is 0 Å². The highest BCUT2D eigenvalue weighted by Gasteiger charge is 2.17. The number of benzene rings is 1. The average molecular weight is 304 g/mol.